The summed E-state index contributed by atoms with van der Waals surface area (Å²) in [6, 6.07) is 10.2. The van der Waals surface area contributed by atoms with E-state index in [1.54, 1.807) is 7.05 Å². The minimum Gasteiger partial charge on any atom is -0.340 e. The summed E-state index contributed by atoms with van der Waals surface area (Å²) in [5, 5.41) is 0. The Hall–Kier alpha value is -1.94. The van der Waals surface area contributed by atoms with Crippen LogP contribution in [-0.4, -0.2) is 7.05 Å². The highest BCUT2D eigenvalue weighted by Gasteiger charge is 2.16. The molecular formula is C16H18F2N2. The van der Waals surface area contributed by atoms with Gasteiger partial charge in [0.05, 0.1) is 0 Å². The average Bonchev–Trinajstić information content (AvgIpc) is 2.46. The second kappa shape index (κ2) is 6.01. The Morgan fingerprint density at radius 2 is 1.55 bits per heavy atom. The van der Waals surface area contributed by atoms with Crippen LogP contribution in [0, 0.1) is 11.6 Å². The fourth-order valence-corrected chi connectivity index (χ4v) is 2.14. The molecule has 0 atom stereocenters. The van der Waals surface area contributed by atoms with Gasteiger partial charge in [-0.25, -0.2) is 8.78 Å². The Morgan fingerprint density at radius 1 is 1.00 bits per heavy atom. The molecule has 2 aromatic carbocycles. The van der Waals surface area contributed by atoms with Gasteiger partial charge in [0.15, 0.2) is 0 Å². The number of aryl methyl sites for hydroxylation is 1. The van der Waals surface area contributed by atoms with Gasteiger partial charge in [-0.1, -0.05) is 19.1 Å². The molecule has 0 amide bonds. The molecule has 0 radical (unpaired) electrons. The molecule has 0 fully saturated rings. The highest BCUT2D eigenvalue weighted by Crippen LogP contribution is 2.30. The van der Waals surface area contributed by atoms with E-state index < -0.39 is 11.6 Å². The standard InChI is InChI=1S/C16H18F2N2/c1-3-11-4-6-13(7-5-11)20(2)16-14(17)8-12(10-19)9-15(16)18/h4-9H,3,10,19H2,1-2H3. The first kappa shape index (κ1) is 14.5. The van der Waals surface area contributed by atoms with Gasteiger partial charge >= 0.3 is 0 Å². The Bertz CT molecular complexity index is 571. The van der Waals surface area contributed by atoms with Crippen molar-refractivity contribution < 1.29 is 8.78 Å². The van der Waals surface area contributed by atoms with Crippen molar-refractivity contribution in [2.45, 2.75) is 19.9 Å². The van der Waals surface area contributed by atoms with Crippen molar-refractivity contribution in [3.05, 3.63) is 59.2 Å². The van der Waals surface area contributed by atoms with Crippen LogP contribution in [0.4, 0.5) is 20.2 Å². The monoisotopic (exact) mass is 276 g/mol. The van der Waals surface area contributed by atoms with Gasteiger partial charge in [0.1, 0.15) is 17.3 Å². The van der Waals surface area contributed by atoms with Crippen LogP contribution in [0.15, 0.2) is 36.4 Å². The number of anilines is 2. The first-order valence-corrected chi connectivity index (χ1v) is 6.57. The van der Waals surface area contributed by atoms with Crippen LogP contribution in [0.2, 0.25) is 0 Å². The van der Waals surface area contributed by atoms with Crippen molar-refractivity contribution in [2.24, 2.45) is 5.73 Å². The molecule has 0 saturated heterocycles. The Kier molecular flexibility index (Phi) is 4.35. The predicted octanol–water partition coefficient (Wildman–Crippen LogP) is 3.75. The smallest absolute Gasteiger partial charge is 0.150 e. The van der Waals surface area contributed by atoms with Crippen molar-refractivity contribution in [3.8, 4) is 0 Å². The minimum atomic E-state index is -0.604. The molecule has 0 saturated carbocycles. The first-order chi connectivity index (χ1) is 9.56. The van der Waals surface area contributed by atoms with E-state index in [0.29, 0.717) is 5.56 Å². The molecule has 2 N–H and O–H groups in total. The van der Waals surface area contributed by atoms with Crippen LogP contribution >= 0.6 is 0 Å². The highest BCUT2D eigenvalue weighted by molar-refractivity contribution is 5.64. The molecule has 0 spiro atoms. The largest absolute Gasteiger partial charge is 0.340 e. The molecule has 0 unspecified atom stereocenters. The third-order valence-corrected chi connectivity index (χ3v) is 3.38. The summed E-state index contributed by atoms with van der Waals surface area (Å²) in [6.07, 6.45) is 0.928. The summed E-state index contributed by atoms with van der Waals surface area (Å²) in [5.41, 5.74) is 7.71. The van der Waals surface area contributed by atoms with Crippen molar-refractivity contribution >= 4 is 11.4 Å². The number of nitrogens with zero attached hydrogens (tertiary/aromatic N) is 1. The SMILES string of the molecule is CCc1ccc(N(C)c2c(F)cc(CN)cc2F)cc1. The lowest BCUT2D eigenvalue weighted by Crippen LogP contribution is -2.14. The fraction of sp³-hybridized carbons (Fsp3) is 0.250. The lowest BCUT2D eigenvalue weighted by atomic mass is 10.1. The van der Waals surface area contributed by atoms with E-state index in [9.17, 15) is 8.78 Å². The third-order valence-electron chi connectivity index (χ3n) is 3.38. The van der Waals surface area contributed by atoms with E-state index in [0.717, 1.165) is 12.1 Å². The summed E-state index contributed by atoms with van der Waals surface area (Å²) in [5.74, 6) is -1.21. The number of hydrogen-bond acceptors (Lipinski definition) is 2. The van der Waals surface area contributed by atoms with Gasteiger partial charge in [0, 0.05) is 19.3 Å². The van der Waals surface area contributed by atoms with Gasteiger partial charge in [-0.3, -0.25) is 0 Å². The normalized spacial score (nSPS) is 10.7. The topological polar surface area (TPSA) is 29.3 Å². The van der Waals surface area contributed by atoms with Gasteiger partial charge in [0.25, 0.3) is 0 Å². The Balaban J connectivity index is 2.39. The predicted molar refractivity (Wildman–Crippen MR) is 78.1 cm³/mol. The maximum Gasteiger partial charge on any atom is 0.150 e. The molecule has 4 heteroatoms. The molecule has 0 bridgehead atoms. The van der Waals surface area contributed by atoms with Gasteiger partial charge in [-0.15, -0.1) is 0 Å². The van der Waals surface area contributed by atoms with Crippen LogP contribution in [0.5, 0.6) is 0 Å². The Morgan fingerprint density at radius 3 is 2.00 bits per heavy atom. The van der Waals surface area contributed by atoms with Crippen molar-refractivity contribution in [1.29, 1.82) is 0 Å². The van der Waals surface area contributed by atoms with E-state index in [-0.39, 0.29) is 12.2 Å². The van der Waals surface area contributed by atoms with E-state index >= 15 is 0 Å². The van der Waals surface area contributed by atoms with E-state index in [1.165, 1.54) is 22.6 Å². The second-order valence-electron chi connectivity index (χ2n) is 4.69. The summed E-state index contributed by atoms with van der Waals surface area (Å²) in [6.45, 7) is 2.17. The first-order valence-electron chi connectivity index (χ1n) is 6.57. The zero-order valence-electron chi connectivity index (χ0n) is 11.7. The number of halogens is 2. The number of benzene rings is 2. The third kappa shape index (κ3) is 2.80. The van der Waals surface area contributed by atoms with Gasteiger partial charge in [0.2, 0.25) is 0 Å². The molecule has 2 nitrogen and oxygen atoms in total. The van der Waals surface area contributed by atoms with Gasteiger partial charge in [-0.05, 0) is 41.8 Å². The lowest BCUT2D eigenvalue weighted by Gasteiger charge is -2.21. The minimum absolute atomic E-state index is 0.0635. The zero-order chi connectivity index (χ0) is 14.7. The number of nitrogens with two attached hydrogens (primary N) is 1. The van der Waals surface area contributed by atoms with Crippen molar-refractivity contribution in [2.75, 3.05) is 11.9 Å². The maximum absolute atomic E-state index is 14.0. The van der Waals surface area contributed by atoms with Crippen LogP contribution < -0.4 is 10.6 Å². The highest BCUT2D eigenvalue weighted by atomic mass is 19.1. The number of rotatable bonds is 4. The summed E-state index contributed by atoms with van der Waals surface area (Å²) < 4.78 is 28.1. The molecule has 106 valence electrons. The molecule has 0 aliphatic rings. The van der Waals surface area contributed by atoms with E-state index in [1.807, 2.05) is 24.3 Å². The molecule has 0 aliphatic carbocycles. The molecule has 0 heterocycles. The van der Waals surface area contributed by atoms with Crippen LogP contribution in [0.25, 0.3) is 0 Å². The molecule has 0 aliphatic heterocycles. The maximum atomic E-state index is 14.0. The van der Waals surface area contributed by atoms with Crippen LogP contribution in [-0.2, 0) is 13.0 Å². The molecule has 2 aromatic rings. The number of hydrogen-bond donors (Lipinski definition) is 1. The molecule has 2 rings (SSSR count). The van der Waals surface area contributed by atoms with Crippen LogP contribution in [0.1, 0.15) is 18.1 Å². The van der Waals surface area contributed by atoms with Gasteiger partial charge in [-0.2, -0.15) is 0 Å². The summed E-state index contributed by atoms with van der Waals surface area (Å²) in [7, 11) is 1.64. The lowest BCUT2D eigenvalue weighted by molar-refractivity contribution is 0.580. The quantitative estimate of drug-likeness (QED) is 0.921. The van der Waals surface area contributed by atoms with E-state index in [4.69, 9.17) is 5.73 Å². The van der Waals surface area contributed by atoms with Crippen LogP contribution in [0.3, 0.4) is 0 Å². The van der Waals surface area contributed by atoms with Crippen molar-refractivity contribution in [1.82, 2.24) is 0 Å². The molecule has 0 aromatic heterocycles. The van der Waals surface area contributed by atoms with E-state index in [2.05, 4.69) is 6.92 Å². The second-order valence-corrected chi connectivity index (χ2v) is 4.69. The van der Waals surface area contributed by atoms with Crippen molar-refractivity contribution in [3.63, 3.8) is 0 Å². The molecular weight excluding hydrogens is 258 g/mol. The summed E-state index contributed by atoms with van der Waals surface area (Å²) >= 11 is 0. The Labute approximate surface area is 117 Å². The molecule has 20 heavy (non-hydrogen) atoms. The average molecular weight is 276 g/mol. The summed E-state index contributed by atoms with van der Waals surface area (Å²) in [4.78, 5) is 1.50. The zero-order valence-corrected chi connectivity index (χ0v) is 11.7. The fourth-order valence-electron chi connectivity index (χ4n) is 2.14. The van der Waals surface area contributed by atoms with Gasteiger partial charge < -0.3 is 10.6 Å².